The molecule has 32 heavy (non-hydrogen) atoms. The molecule has 4 rings (SSSR count). The molecule has 0 amide bonds. The lowest BCUT2D eigenvalue weighted by Crippen LogP contribution is -2.53. The van der Waals surface area contributed by atoms with E-state index in [2.05, 4.69) is 23.5 Å². The molecule has 1 saturated carbocycles. The van der Waals surface area contributed by atoms with Crippen LogP contribution in [0.4, 0.5) is 0 Å². The Hall–Kier alpha value is -3.42. The molecule has 0 bridgehead atoms. The van der Waals surface area contributed by atoms with E-state index in [4.69, 9.17) is 4.74 Å². The smallest absolute Gasteiger partial charge is 0.326 e. The summed E-state index contributed by atoms with van der Waals surface area (Å²) >= 11 is 0. The summed E-state index contributed by atoms with van der Waals surface area (Å²) in [6.45, 7) is 0.900. The molecular weight excluding hydrogens is 396 g/mol. The number of ether oxygens (including phenoxy) is 1. The summed E-state index contributed by atoms with van der Waals surface area (Å²) in [5.74, 6) is -0.152. The highest BCUT2D eigenvalue weighted by molar-refractivity contribution is 5.81. The molecule has 0 spiro atoms. The van der Waals surface area contributed by atoms with Crippen LogP contribution in [0.25, 0.3) is 11.1 Å². The van der Waals surface area contributed by atoms with Crippen molar-refractivity contribution in [1.82, 2.24) is 5.32 Å². The lowest BCUT2D eigenvalue weighted by atomic mass is 9.81. The van der Waals surface area contributed by atoms with Crippen LogP contribution in [0.5, 0.6) is 0 Å². The quantitative estimate of drug-likeness (QED) is 0.490. The number of carbonyl (C=O) groups is 1. The van der Waals surface area contributed by atoms with Crippen LogP contribution in [0, 0.1) is 11.3 Å². The molecule has 0 aromatic heterocycles. The van der Waals surface area contributed by atoms with Crippen LogP contribution < -0.4 is 5.32 Å². The van der Waals surface area contributed by atoms with Crippen LogP contribution in [0.15, 0.2) is 78.9 Å². The van der Waals surface area contributed by atoms with Gasteiger partial charge in [0, 0.05) is 6.54 Å². The second-order valence-corrected chi connectivity index (χ2v) is 8.41. The van der Waals surface area contributed by atoms with Crippen molar-refractivity contribution in [1.29, 1.82) is 5.26 Å². The Labute approximate surface area is 189 Å². The summed E-state index contributed by atoms with van der Waals surface area (Å²) in [7, 11) is 0. The third-order valence-electron chi connectivity index (χ3n) is 6.25. The lowest BCUT2D eigenvalue weighted by molar-refractivity contribution is -0.155. The van der Waals surface area contributed by atoms with Gasteiger partial charge in [0.15, 0.2) is 0 Å². The first-order chi connectivity index (χ1) is 15.7. The van der Waals surface area contributed by atoms with E-state index in [1.165, 1.54) is 0 Å². The van der Waals surface area contributed by atoms with Gasteiger partial charge >= 0.3 is 5.97 Å². The number of nitrogens with zero attached hydrogens (tertiary/aromatic N) is 1. The summed E-state index contributed by atoms with van der Waals surface area (Å²) in [6.07, 6.45) is 4.81. The van der Waals surface area contributed by atoms with Gasteiger partial charge in [-0.2, -0.15) is 5.26 Å². The third-order valence-corrected chi connectivity index (χ3v) is 6.25. The highest BCUT2D eigenvalue weighted by atomic mass is 16.5. The topological polar surface area (TPSA) is 62.1 Å². The van der Waals surface area contributed by atoms with Gasteiger partial charge in [-0.1, -0.05) is 92.1 Å². The van der Waals surface area contributed by atoms with Crippen LogP contribution >= 0.6 is 0 Å². The van der Waals surface area contributed by atoms with Crippen LogP contribution in [-0.4, -0.2) is 11.5 Å². The standard InChI is InChI=1S/C28H28N2O2/c29-19-25-11-5-6-12-26(25)24-15-13-22(14-16-24)20-30-28(17-7-2-8-18-28)27(31)32-21-23-9-3-1-4-10-23/h1,3-6,9-16,30H,2,7-8,17-18,20-21H2. The maximum Gasteiger partial charge on any atom is 0.326 e. The second-order valence-electron chi connectivity index (χ2n) is 8.41. The van der Waals surface area contributed by atoms with E-state index in [-0.39, 0.29) is 5.97 Å². The minimum atomic E-state index is -0.626. The summed E-state index contributed by atoms with van der Waals surface area (Å²) in [5.41, 5.74) is 4.09. The number of nitriles is 1. The molecule has 1 N–H and O–H groups in total. The maximum atomic E-state index is 13.1. The van der Waals surface area contributed by atoms with Gasteiger partial charge in [0.25, 0.3) is 0 Å². The largest absolute Gasteiger partial charge is 0.459 e. The van der Waals surface area contributed by atoms with Gasteiger partial charge < -0.3 is 4.74 Å². The Bertz CT molecular complexity index is 1080. The van der Waals surface area contributed by atoms with E-state index in [1.54, 1.807) is 0 Å². The predicted octanol–water partition coefficient (Wildman–Crippen LogP) is 5.76. The van der Waals surface area contributed by atoms with Crippen LogP contribution in [0.1, 0.15) is 48.8 Å². The zero-order valence-electron chi connectivity index (χ0n) is 18.2. The molecule has 1 aliphatic carbocycles. The molecule has 0 heterocycles. The monoisotopic (exact) mass is 424 g/mol. The molecule has 1 fully saturated rings. The van der Waals surface area contributed by atoms with Gasteiger partial charge in [0.2, 0.25) is 0 Å². The Morgan fingerprint density at radius 2 is 1.56 bits per heavy atom. The fraction of sp³-hybridized carbons (Fsp3) is 0.286. The normalized spacial score (nSPS) is 15.0. The number of carbonyl (C=O) groups excluding carboxylic acids is 1. The molecule has 1 aliphatic rings. The Balaban J connectivity index is 1.43. The molecule has 0 atom stereocenters. The van der Waals surface area contributed by atoms with Crippen molar-refractivity contribution in [2.75, 3.05) is 0 Å². The summed E-state index contributed by atoms with van der Waals surface area (Å²) in [4.78, 5) is 13.1. The second kappa shape index (κ2) is 10.3. The Morgan fingerprint density at radius 3 is 2.28 bits per heavy atom. The molecule has 0 aliphatic heterocycles. The van der Waals surface area contributed by atoms with E-state index in [0.717, 1.165) is 54.4 Å². The van der Waals surface area contributed by atoms with Crippen molar-refractivity contribution in [2.45, 2.75) is 50.8 Å². The first kappa shape index (κ1) is 21.8. The van der Waals surface area contributed by atoms with Crippen molar-refractivity contribution in [3.8, 4) is 17.2 Å². The number of hydrogen-bond donors (Lipinski definition) is 1. The zero-order valence-corrected chi connectivity index (χ0v) is 18.2. The average Bonchev–Trinajstić information content (AvgIpc) is 2.87. The van der Waals surface area contributed by atoms with Crippen LogP contribution in [0.3, 0.4) is 0 Å². The minimum Gasteiger partial charge on any atom is -0.459 e. The molecule has 0 unspecified atom stereocenters. The van der Waals surface area contributed by atoms with Crippen molar-refractivity contribution in [2.24, 2.45) is 0 Å². The van der Waals surface area contributed by atoms with Crippen molar-refractivity contribution in [3.05, 3.63) is 95.6 Å². The Morgan fingerprint density at radius 1 is 0.875 bits per heavy atom. The fourth-order valence-corrected chi connectivity index (χ4v) is 4.38. The molecule has 0 radical (unpaired) electrons. The SMILES string of the molecule is N#Cc1ccccc1-c1ccc(CNC2(C(=O)OCc3ccccc3)CCCCC2)cc1. The third kappa shape index (κ3) is 5.07. The first-order valence-corrected chi connectivity index (χ1v) is 11.2. The van der Waals surface area contributed by atoms with Gasteiger partial charge in [0.05, 0.1) is 11.6 Å². The fourth-order valence-electron chi connectivity index (χ4n) is 4.38. The molecule has 3 aromatic rings. The van der Waals surface area contributed by atoms with Crippen LogP contribution in [0.2, 0.25) is 0 Å². The van der Waals surface area contributed by atoms with Gasteiger partial charge in [-0.25, -0.2) is 0 Å². The lowest BCUT2D eigenvalue weighted by Gasteiger charge is -2.36. The Kier molecular flexibility index (Phi) is 6.99. The number of esters is 1. The molecule has 0 saturated heterocycles. The van der Waals surface area contributed by atoms with Crippen LogP contribution in [-0.2, 0) is 22.7 Å². The average molecular weight is 425 g/mol. The van der Waals surface area contributed by atoms with Crippen molar-refractivity contribution in [3.63, 3.8) is 0 Å². The number of hydrogen-bond acceptors (Lipinski definition) is 4. The van der Waals surface area contributed by atoms with Gasteiger partial charge in [0.1, 0.15) is 12.1 Å². The molecule has 162 valence electrons. The van der Waals surface area contributed by atoms with Gasteiger partial charge in [-0.3, -0.25) is 10.1 Å². The van der Waals surface area contributed by atoms with Crippen molar-refractivity contribution < 1.29 is 9.53 Å². The maximum absolute atomic E-state index is 13.1. The number of rotatable bonds is 7. The zero-order chi connectivity index (χ0) is 22.2. The van der Waals surface area contributed by atoms with E-state index in [9.17, 15) is 10.1 Å². The van der Waals surface area contributed by atoms with Gasteiger partial charge in [-0.15, -0.1) is 0 Å². The van der Waals surface area contributed by atoms with E-state index in [0.29, 0.717) is 18.7 Å². The minimum absolute atomic E-state index is 0.152. The summed E-state index contributed by atoms with van der Waals surface area (Å²) in [5, 5.41) is 12.9. The number of benzene rings is 3. The molecular formula is C28H28N2O2. The number of nitrogens with one attached hydrogen (secondary N) is 1. The molecule has 4 nitrogen and oxygen atoms in total. The summed E-state index contributed by atoms with van der Waals surface area (Å²) < 4.78 is 5.73. The highest BCUT2D eigenvalue weighted by Gasteiger charge is 2.40. The van der Waals surface area contributed by atoms with Crippen molar-refractivity contribution >= 4 is 5.97 Å². The van der Waals surface area contributed by atoms with E-state index >= 15 is 0 Å². The highest BCUT2D eigenvalue weighted by Crippen LogP contribution is 2.30. The molecule has 4 heteroatoms. The van der Waals surface area contributed by atoms with E-state index < -0.39 is 5.54 Å². The first-order valence-electron chi connectivity index (χ1n) is 11.2. The van der Waals surface area contributed by atoms with E-state index in [1.807, 2.05) is 66.7 Å². The summed E-state index contributed by atoms with van der Waals surface area (Å²) in [6, 6.07) is 27.9. The van der Waals surface area contributed by atoms with Gasteiger partial charge in [-0.05, 0) is 41.2 Å². The molecule has 3 aromatic carbocycles. The predicted molar refractivity (Wildman–Crippen MR) is 125 cm³/mol.